The largest absolute Gasteiger partial charge is 1.00 e. The number of hydrogen-bond donors (Lipinski definition) is 2. The number of hydrogen-bond acceptors (Lipinski definition) is 5. The Morgan fingerprint density at radius 3 is 1.88 bits per heavy atom. The van der Waals surface area contributed by atoms with Crippen molar-refractivity contribution in [1.82, 2.24) is 0 Å². The van der Waals surface area contributed by atoms with Crippen molar-refractivity contribution in [1.29, 1.82) is 0 Å². The molecular weight excluding hydrogens is 511 g/mol. The van der Waals surface area contributed by atoms with E-state index in [1.54, 1.807) is 53.8 Å². The number of benzene rings is 1. The molecule has 0 unspecified atom stereocenters. The highest BCUT2D eigenvalue weighted by Gasteiger charge is 2.25. The van der Waals surface area contributed by atoms with Crippen LogP contribution in [0.25, 0.3) is 5.57 Å². The molecule has 5 nitrogen and oxygen atoms in total. The lowest BCUT2D eigenvalue weighted by molar-refractivity contribution is -1.02. The number of halogens is 2. The summed E-state index contributed by atoms with van der Waals surface area (Å²) in [7, 11) is 5.01. The Morgan fingerprint density at radius 2 is 1.38 bits per heavy atom. The quantitative estimate of drug-likeness (QED) is 0.292. The average molecular weight is 544 g/mol. The molecule has 3 aromatic rings. The first-order valence-electron chi connectivity index (χ1n) is 10.9. The van der Waals surface area contributed by atoms with Crippen molar-refractivity contribution in [3.63, 3.8) is 0 Å². The number of methoxy groups -OCH3 is 3. The van der Waals surface area contributed by atoms with Gasteiger partial charge in [-0.3, -0.25) is 0 Å². The van der Waals surface area contributed by atoms with Crippen molar-refractivity contribution in [2.45, 2.75) is 6.54 Å². The van der Waals surface area contributed by atoms with Gasteiger partial charge in [-0.25, -0.2) is 0 Å². The summed E-state index contributed by atoms with van der Waals surface area (Å²) in [6.45, 7) is 6.62. The molecule has 186 valence electrons. The third kappa shape index (κ3) is 6.68. The van der Waals surface area contributed by atoms with Crippen molar-refractivity contribution in [2.75, 3.05) is 54.1 Å². The fourth-order valence-electron chi connectivity index (χ4n) is 4.39. The second-order valence-corrected chi connectivity index (χ2v) is 9.58. The number of nitrogens with one attached hydrogen (secondary N) is 2. The molecule has 2 N–H and O–H groups in total. The van der Waals surface area contributed by atoms with Crippen LogP contribution in [0.15, 0.2) is 51.9 Å². The van der Waals surface area contributed by atoms with Crippen LogP contribution >= 0.6 is 22.7 Å². The topological polar surface area (TPSA) is 36.6 Å². The summed E-state index contributed by atoms with van der Waals surface area (Å²) in [6, 6.07) is 8.52. The van der Waals surface area contributed by atoms with E-state index in [1.807, 2.05) is 6.07 Å². The molecule has 3 heterocycles. The zero-order valence-corrected chi connectivity index (χ0v) is 22.9. The normalized spacial score (nSPS) is 17.1. The third-order valence-corrected chi connectivity index (χ3v) is 7.52. The fourth-order valence-corrected chi connectivity index (χ4v) is 5.71. The molecule has 34 heavy (non-hydrogen) atoms. The van der Waals surface area contributed by atoms with E-state index >= 15 is 0 Å². The van der Waals surface area contributed by atoms with Crippen molar-refractivity contribution in [3.8, 4) is 17.2 Å². The summed E-state index contributed by atoms with van der Waals surface area (Å²) in [4.78, 5) is 3.23. The molecule has 1 saturated heterocycles. The van der Waals surface area contributed by atoms with Crippen molar-refractivity contribution in [3.05, 3.63) is 68.6 Å². The van der Waals surface area contributed by atoms with Gasteiger partial charge in [0.05, 0.1) is 33.4 Å². The minimum Gasteiger partial charge on any atom is -1.00 e. The van der Waals surface area contributed by atoms with Crippen molar-refractivity contribution in [2.24, 2.45) is 0 Å². The second kappa shape index (κ2) is 14.0. The van der Waals surface area contributed by atoms with E-state index in [9.17, 15) is 0 Å². The van der Waals surface area contributed by atoms with Crippen LogP contribution in [0, 0.1) is 0 Å². The van der Waals surface area contributed by atoms with E-state index in [0.717, 1.165) is 31.9 Å². The molecule has 1 aromatic carbocycles. The Hall–Kier alpha value is -1.74. The lowest BCUT2D eigenvalue weighted by Gasteiger charge is -2.29. The van der Waals surface area contributed by atoms with E-state index in [1.165, 1.54) is 35.4 Å². The van der Waals surface area contributed by atoms with Crippen LogP contribution in [0.4, 0.5) is 0 Å². The summed E-state index contributed by atoms with van der Waals surface area (Å²) in [5, 5.41) is 8.81. The Kier molecular flexibility index (Phi) is 11.7. The molecule has 1 aliphatic rings. The maximum absolute atomic E-state index is 5.68. The minimum atomic E-state index is 0. The lowest BCUT2D eigenvalue weighted by atomic mass is 10.0. The summed E-state index contributed by atoms with van der Waals surface area (Å²) in [5.74, 6) is 2.17. The third-order valence-electron chi connectivity index (χ3n) is 6.15. The molecule has 1 fully saturated rings. The predicted molar refractivity (Wildman–Crippen MR) is 132 cm³/mol. The monoisotopic (exact) mass is 542 g/mol. The number of rotatable bonds is 9. The Bertz CT molecular complexity index is 983. The average Bonchev–Trinajstić information content (AvgIpc) is 3.55. The molecule has 2 aromatic heterocycles. The molecule has 4 rings (SSSR count). The van der Waals surface area contributed by atoms with E-state index < -0.39 is 0 Å². The van der Waals surface area contributed by atoms with Crippen LogP contribution in [0.1, 0.15) is 16.7 Å². The van der Waals surface area contributed by atoms with Crippen LogP contribution in [0.2, 0.25) is 0 Å². The standard InChI is InChI=1S/C25H30N2O3S2.2ClH/c1-28-23-5-4-19(24(29-2)25(23)30-3)16-27-12-10-26(11-13-27)9-6-22(20-7-14-31-17-20)21-8-15-32-18-21;;/h4-8,14-15,17-18H,9-13,16H2,1-3H3;2*1H. The van der Waals surface area contributed by atoms with E-state index in [4.69, 9.17) is 14.2 Å². The van der Waals surface area contributed by atoms with Gasteiger partial charge in [0.1, 0.15) is 32.7 Å². The highest BCUT2D eigenvalue weighted by atomic mass is 35.5. The number of thiophene rings is 2. The van der Waals surface area contributed by atoms with Gasteiger partial charge in [-0.2, -0.15) is 22.7 Å². The van der Waals surface area contributed by atoms with Crippen LogP contribution in [-0.2, 0) is 6.54 Å². The van der Waals surface area contributed by atoms with Crippen LogP contribution < -0.4 is 48.8 Å². The fraction of sp³-hybridized carbons (Fsp3) is 0.360. The van der Waals surface area contributed by atoms with Gasteiger partial charge < -0.3 is 48.8 Å². The van der Waals surface area contributed by atoms with E-state index in [0.29, 0.717) is 11.5 Å². The van der Waals surface area contributed by atoms with Gasteiger partial charge in [0, 0.05) is 0 Å². The van der Waals surface area contributed by atoms with Crippen molar-refractivity contribution < 1.29 is 48.8 Å². The van der Waals surface area contributed by atoms with Gasteiger partial charge in [-0.1, -0.05) is 0 Å². The lowest BCUT2D eigenvalue weighted by Crippen LogP contribution is -3.27. The minimum absolute atomic E-state index is 0. The molecule has 9 heteroatoms. The summed E-state index contributed by atoms with van der Waals surface area (Å²) in [6.07, 6.45) is 2.43. The molecule has 0 saturated carbocycles. The van der Waals surface area contributed by atoms with Gasteiger partial charge in [0.2, 0.25) is 5.75 Å². The van der Waals surface area contributed by atoms with Gasteiger partial charge in [-0.05, 0) is 68.6 Å². The number of quaternary nitrogens is 2. The Morgan fingerprint density at radius 1 is 0.794 bits per heavy atom. The number of piperazine rings is 1. The van der Waals surface area contributed by atoms with Crippen LogP contribution in [-0.4, -0.2) is 54.1 Å². The van der Waals surface area contributed by atoms with E-state index in [2.05, 4.69) is 45.8 Å². The Balaban J connectivity index is 0.00000204. The predicted octanol–water partition coefficient (Wildman–Crippen LogP) is -3.74. The van der Waals surface area contributed by atoms with Crippen LogP contribution in [0.3, 0.4) is 0 Å². The van der Waals surface area contributed by atoms with Gasteiger partial charge in [0.15, 0.2) is 11.5 Å². The van der Waals surface area contributed by atoms with Crippen LogP contribution in [0.5, 0.6) is 17.2 Å². The van der Waals surface area contributed by atoms with Crippen molar-refractivity contribution >= 4 is 28.2 Å². The SMILES string of the molecule is COc1ccc(C[NH+]2CC[NH+](CC=C(c3ccsc3)c3ccsc3)CC2)c(OC)c1OC.[Cl-].[Cl-]. The highest BCUT2D eigenvalue weighted by molar-refractivity contribution is 7.08. The van der Waals surface area contributed by atoms with Gasteiger partial charge in [-0.15, -0.1) is 0 Å². The maximum atomic E-state index is 5.68. The molecule has 0 amide bonds. The maximum Gasteiger partial charge on any atom is 0.203 e. The molecule has 0 bridgehead atoms. The molecular formula is C25H32Cl2N2O3S2. The molecule has 0 aliphatic carbocycles. The summed E-state index contributed by atoms with van der Waals surface area (Å²) >= 11 is 3.52. The zero-order valence-electron chi connectivity index (χ0n) is 19.7. The zero-order chi connectivity index (χ0) is 22.3. The summed E-state index contributed by atoms with van der Waals surface area (Å²) < 4.78 is 16.6. The van der Waals surface area contributed by atoms with Gasteiger partial charge >= 0.3 is 0 Å². The smallest absolute Gasteiger partial charge is 0.203 e. The first kappa shape index (κ1) is 28.5. The molecule has 1 aliphatic heterocycles. The second-order valence-electron chi connectivity index (χ2n) is 8.02. The first-order chi connectivity index (χ1) is 15.7. The first-order valence-corrected chi connectivity index (χ1v) is 12.8. The highest BCUT2D eigenvalue weighted by Crippen LogP contribution is 2.39. The van der Waals surface area contributed by atoms with Gasteiger partial charge in [0.25, 0.3) is 0 Å². The number of ether oxygens (including phenoxy) is 3. The molecule has 0 spiro atoms. The molecule has 0 atom stereocenters. The summed E-state index contributed by atoms with van der Waals surface area (Å²) in [5.41, 5.74) is 5.20. The Labute approximate surface area is 222 Å². The molecule has 0 radical (unpaired) electrons. The van der Waals surface area contributed by atoms with E-state index in [-0.39, 0.29) is 24.8 Å².